The Morgan fingerprint density at radius 1 is 1.43 bits per heavy atom. The first-order chi connectivity index (χ1) is 6.37. The Hall–Kier alpha value is -0.180. The first kappa shape index (κ1) is 13.8. The Kier molecular flexibility index (Phi) is 6.25. The summed E-state index contributed by atoms with van der Waals surface area (Å²) in [4.78, 5) is 11.5. The summed E-state index contributed by atoms with van der Waals surface area (Å²) in [6.45, 7) is 9.25. The van der Waals surface area contributed by atoms with Crippen molar-refractivity contribution in [2.24, 2.45) is 11.3 Å². The third kappa shape index (κ3) is 7.25. The quantitative estimate of drug-likeness (QED) is 0.681. The molecule has 0 spiro atoms. The highest BCUT2D eigenvalue weighted by molar-refractivity contribution is 7.80. The van der Waals surface area contributed by atoms with Gasteiger partial charge in [0.05, 0.1) is 0 Å². The zero-order valence-electron chi connectivity index (χ0n) is 9.76. The summed E-state index contributed by atoms with van der Waals surface area (Å²) in [5.74, 6) is 0.981. The van der Waals surface area contributed by atoms with Crippen molar-refractivity contribution in [1.82, 2.24) is 5.32 Å². The average Bonchev–Trinajstić information content (AvgIpc) is 2.09. The SMILES string of the molecule is C[C@@H](CCC(C)(C)C)C(=O)NCCS. The summed E-state index contributed by atoms with van der Waals surface area (Å²) < 4.78 is 0. The van der Waals surface area contributed by atoms with Crippen molar-refractivity contribution in [1.29, 1.82) is 0 Å². The maximum absolute atomic E-state index is 11.5. The van der Waals surface area contributed by atoms with E-state index in [2.05, 4.69) is 38.7 Å². The molecule has 1 N–H and O–H groups in total. The van der Waals surface area contributed by atoms with E-state index in [-0.39, 0.29) is 11.8 Å². The van der Waals surface area contributed by atoms with Crippen LogP contribution in [0.1, 0.15) is 40.5 Å². The van der Waals surface area contributed by atoms with E-state index in [1.54, 1.807) is 0 Å². The first-order valence-electron chi connectivity index (χ1n) is 5.25. The number of hydrogen-bond donors (Lipinski definition) is 2. The van der Waals surface area contributed by atoms with Crippen molar-refractivity contribution in [3.05, 3.63) is 0 Å². The molecule has 0 saturated heterocycles. The molecule has 0 aliphatic carbocycles. The lowest BCUT2D eigenvalue weighted by Crippen LogP contribution is -2.31. The molecule has 0 fully saturated rings. The molecule has 0 saturated carbocycles. The van der Waals surface area contributed by atoms with E-state index >= 15 is 0 Å². The van der Waals surface area contributed by atoms with Gasteiger partial charge in [0.2, 0.25) is 5.91 Å². The molecule has 1 amide bonds. The Morgan fingerprint density at radius 3 is 2.43 bits per heavy atom. The summed E-state index contributed by atoms with van der Waals surface area (Å²) >= 11 is 4.05. The van der Waals surface area contributed by atoms with Crippen LogP contribution in [0.3, 0.4) is 0 Å². The molecule has 0 aromatic carbocycles. The predicted octanol–water partition coefficient (Wildman–Crippen LogP) is 2.49. The van der Waals surface area contributed by atoms with E-state index in [0.717, 1.165) is 12.8 Å². The van der Waals surface area contributed by atoms with Crippen molar-refractivity contribution < 1.29 is 4.79 Å². The van der Waals surface area contributed by atoms with Gasteiger partial charge in [0, 0.05) is 18.2 Å². The molecule has 0 radical (unpaired) electrons. The summed E-state index contributed by atoms with van der Waals surface area (Å²) in [7, 11) is 0. The number of nitrogens with one attached hydrogen (secondary N) is 1. The van der Waals surface area contributed by atoms with Gasteiger partial charge in [0.1, 0.15) is 0 Å². The molecule has 0 bridgehead atoms. The molecular formula is C11H23NOS. The summed E-state index contributed by atoms with van der Waals surface area (Å²) in [6, 6.07) is 0. The summed E-state index contributed by atoms with van der Waals surface area (Å²) in [5, 5.41) is 2.85. The second-order valence-electron chi connectivity index (χ2n) is 5.02. The van der Waals surface area contributed by atoms with Crippen molar-refractivity contribution in [2.45, 2.75) is 40.5 Å². The fourth-order valence-electron chi connectivity index (χ4n) is 1.13. The normalized spacial score (nSPS) is 13.8. The Balaban J connectivity index is 3.73. The Bertz CT molecular complexity index is 175. The zero-order valence-corrected chi connectivity index (χ0v) is 10.7. The fourth-order valence-corrected chi connectivity index (χ4v) is 1.25. The van der Waals surface area contributed by atoms with Gasteiger partial charge in [0.25, 0.3) is 0 Å². The summed E-state index contributed by atoms with van der Waals surface area (Å²) in [5.41, 5.74) is 0.318. The highest BCUT2D eigenvalue weighted by Crippen LogP contribution is 2.23. The number of amides is 1. The van der Waals surface area contributed by atoms with Crippen LogP contribution in [-0.2, 0) is 4.79 Å². The van der Waals surface area contributed by atoms with Crippen molar-refractivity contribution >= 4 is 18.5 Å². The van der Waals surface area contributed by atoms with E-state index < -0.39 is 0 Å². The number of hydrogen-bond acceptors (Lipinski definition) is 2. The molecular weight excluding hydrogens is 194 g/mol. The van der Waals surface area contributed by atoms with E-state index in [9.17, 15) is 4.79 Å². The lowest BCUT2D eigenvalue weighted by atomic mass is 9.87. The van der Waals surface area contributed by atoms with Crippen LogP contribution in [0.15, 0.2) is 0 Å². The van der Waals surface area contributed by atoms with Crippen LogP contribution in [0.5, 0.6) is 0 Å². The minimum atomic E-state index is 0.120. The van der Waals surface area contributed by atoms with Crippen LogP contribution in [0.25, 0.3) is 0 Å². The van der Waals surface area contributed by atoms with Crippen LogP contribution in [0.2, 0.25) is 0 Å². The molecule has 2 nitrogen and oxygen atoms in total. The van der Waals surface area contributed by atoms with Crippen LogP contribution in [0, 0.1) is 11.3 Å². The van der Waals surface area contributed by atoms with Crippen molar-refractivity contribution in [2.75, 3.05) is 12.3 Å². The number of carbonyl (C=O) groups excluding carboxylic acids is 1. The topological polar surface area (TPSA) is 29.1 Å². The lowest BCUT2D eigenvalue weighted by Gasteiger charge is -2.20. The highest BCUT2D eigenvalue weighted by Gasteiger charge is 2.16. The molecule has 14 heavy (non-hydrogen) atoms. The molecule has 0 aliphatic heterocycles. The zero-order chi connectivity index (χ0) is 11.2. The van der Waals surface area contributed by atoms with Crippen molar-refractivity contribution in [3.8, 4) is 0 Å². The van der Waals surface area contributed by atoms with E-state index in [0.29, 0.717) is 17.7 Å². The van der Waals surface area contributed by atoms with E-state index in [1.807, 2.05) is 6.92 Å². The van der Waals surface area contributed by atoms with Crippen LogP contribution >= 0.6 is 12.6 Å². The second-order valence-corrected chi connectivity index (χ2v) is 5.46. The number of thiol groups is 1. The van der Waals surface area contributed by atoms with Gasteiger partial charge in [-0.05, 0) is 18.3 Å². The lowest BCUT2D eigenvalue weighted by molar-refractivity contribution is -0.124. The highest BCUT2D eigenvalue weighted by atomic mass is 32.1. The maximum atomic E-state index is 11.5. The van der Waals surface area contributed by atoms with Gasteiger partial charge in [-0.3, -0.25) is 4.79 Å². The molecule has 3 heteroatoms. The standard InChI is InChI=1S/C11H23NOS/c1-9(5-6-11(2,3)4)10(13)12-7-8-14/h9,14H,5-8H2,1-4H3,(H,12,13)/t9-/m0/s1. The Morgan fingerprint density at radius 2 is 2.00 bits per heavy atom. The molecule has 0 aliphatic rings. The molecule has 0 aromatic rings. The predicted molar refractivity (Wildman–Crippen MR) is 64.7 cm³/mol. The van der Waals surface area contributed by atoms with Crippen molar-refractivity contribution in [3.63, 3.8) is 0 Å². The van der Waals surface area contributed by atoms with E-state index in [4.69, 9.17) is 0 Å². The van der Waals surface area contributed by atoms with Gasteiger partial charge < -0.3 is 5.32 Å². The Labute approximate surface area is 93.3 Å². The monoisotopic (exact) mass is 217 g/mol. The van der Waals surface area contributed by atoms with E-state index in [1.165, 1.54) is 0 Å². The van der Waals surface area contributed by atoms with Gasteiger partial charge in [-0.15, -0.1) is 0 Å². The van der Waals surface area contributed by atoms with Gasteiger partial charge in [-0.2, -0.15) is 12.6 Å². The first-order valence-corrected chi connectivity index (χ1v) is 5.88. The van der Waals surface area contributed by atoms with Gasteiger partial charge in [-0.1, -0.05) is 27.7 Å². The molecule has 0 unspecified atom stereocenters. The molecule has 0 aromatic heterocycles. The number of rotatable bonds is 5. The smallest absolute Gasteiger partial charge is 0.222 e. The largest absolute Gasteiger partial charge is 0.355 e. The fraction of sp³-hybridized carbons (Fsp3) is 0.909. The van der Waals surface area contributed by atoms with Gasteiger partial charge in [0.15, 0.2) is 0 Å². The van der Waals surface area contributed by atoms with Gasteiger partial charge >= 0.3 is 0 Å². The van der Waals surface area contributed by atoms with Crippen LogP contribution < -0.4 is 5.32 Å². The molecule has 0 rings (SSSR count). The molecule has 84 valence electrons. The summed E-state index contributed by atoms with van der Waals surface area (Å²) in [6.07, 6.45) is 2.05. The minimum absolute atomic E-state index is 0.120. The third-order valence-electron chi connectivity index (χ3n) is 2.19. The van der Waals surface area contributed by atoms with Crippen LogP contribution in [-0.4, -0.2) is 18.2 Å². The molecule has 0 heterocycles. The minimum Gasteiger partial charge on any atom is -0.355 e. The van der Waals surface area contributed by atoms with Gasteiger partial charge in [-0.25, -0.2) is 0 Å². The molecule has 1 atom stereocenters. The third-order valence-corrected chi connectivity index (χ3v) is 2.41. The van der Waals surface area contributed by atoms with Crippen LogP contribution in [0.4, 0.5) is 0 Å². The maximum Gasteiger partial charge on any atom is 0.222 e. The average molecular weight is 217 g/mol. The second kappa shape index (κ2) is 6.33. The number of carbonyl (C=O) groups is 1.